The Morgan fingerprint density at radius 3 is 2.36 bits per heavy atom. The zero-order valence-corrected chi connectivity index (χ0v) is 14.2. The summed E-state index contributed by atoms with van der Waals surface area (Å²) in [6, 6.07) is 5.93. The van der Waals surface area contributed by atoms with Gasteiger partial charge in [0, 0.05) is 45.1 Å². The van der Waals surface area contributed by atoms with Gasteiger partial charge in [-0.15, -0.1) is 15.3 Å². The van der Waals surface area contributed by atoms with Crippen LogP contribution in [0.2, 0.25) is 0 Å². The van der Waals surface area contributed by atoms with E-state index in [-0.39, 0.29) is 0 Å². The van der Waals surface area contributed by atoms with Crippen LogP contribution in [-0.4, -0.2) is 72.6 Å². The molecule has 4 heterocycles. The molecule has 0 bridgehead atoms. The van der Waals surface area contributed by atoms with E-state index in [1.54, 1.807) is 10.9 Å². The Labute approximate surface area is 145 Å². The summed E-state index contributed by atoms with van der Waals surface area (Å²) < 4.78 is 3.61. The first-order valence-corrected chi connectivity index (χ1v) is 8.46. The van der Waals surface area contributed by atoms with E-state index in [2.05, 4.69) is 35.4 Å². The zero-order chi connectivity index (χ0) is 17.1. The SMILES string of the molecule is Cc1ccn(-c2ccc(N3CCN(CCn4ccnn4)CC3)nn2)n1. The quantitative estimate of drug-likeness (QED) is 0.665. The minimum absolute atomic E-state index is 0.739. The Kier molecular flexibility index (Phi) is 4.38. The number of piperazine rings is 1. The summed E-state index contributed by atoms with van der Waals surface area (Å²) in [5.41, 5.74) is 0.966. The van der Waals surface area contributed by atoms with Gasteiger partial charge in [-0.1, -0.05) is 5.21 Å². The van der Waals surface area contributed by atoms with Gasteiger partial charge in [-0.25, -0.2) is 4.68 Å². The molecule has 1 aliphatic heterocycles. The van der Waals surface area contributed by atoms with Crippen LogP contribution < -0.4 is 4.90 Å². The highest BCUT2D eigenvalue weighted by Gasteiger charge is 2.18. The number of hydrogen-bond acceptors (Lipinski definition) is 7. The van der Waals surface area contributed by atoms with Crippen LogP contribution in [0.15, 0.2) is 36.8 Å². The molecule has 0 aliphatic carbocycles. The fraction of sp³-hybridized carbons (Fsp3) is 0.438. The molecule has 9 heteroatoms. The molecule has 0 N–H and O–H groups in total. The van der Waals surface area contributed by atoms with Gasteiger partial charge < -0.3 is 4.90 Å². The largest absolute Gasteiger partial charge is 0.353 e. The van der Waals surface area contributed by atoms with Gasteiger partial charge >= 0.3 is 0 Å². The summed E-state index contributed by atoms with van der Waals surface area (Å²) >= 11 is 0. The molecule has 1 saturated heterocycles. The van der Waals surface area contributed by atoms with Gasteiger partial charge in [0.05, 0.1) is 18.4 Å². The monoisotopic (exact) mass is 339 g/mol. The lowest BCUT2D eigenvalue weighted by Gasteiger charge is -2.35. The highest BCUT2D eigenvalue weighted by molar-refractivity contribution is 5.40. The predicted molar refractivity (Wildman–Crippen MR) is 92.6 cm³/mol. The Morgan fingerprint density at radius 1 is 0.920 bits per heavy atom. The van der Waals surface area contributed by atoms with Gasteiger partial charge in [0.15, 0.2) is 11.6 Å². The van der Waals surface area contributed by atoms with E-state index >= 15 is 0 Å². The molecule has 0 atom stereocenters. The van der Waals surface area contributed by atoms with Gasteiger partial charge in [0.25, 0.3) is 0 Å². The third kappa shape index (κ3) is 3.66. The van der Waals surface area contributed by atoms with Crippen molar-refractivity contribution in [1.82, 2.24) is 39.9 Å². The summed E-state index contributed by atoms with van der Waals surface area (Å²) in [6.07, 6.45) is 5.51. The number of anilines is 1. The van der Waals surface area contributed by atoms with E-state index in [0.717, 1.165) is 56.6 Å². The molecule has 0 unspecified atom stereocenters. The second kappa shape index (κ2) is 6.98. The zero-order valence-electron chi connectivity index (χ0n) is 14.2. The van der Waals surface area contributed by atoms with Gasteiger partial charge in [-0.3, -0.25) is 9.58 Å². The minimum atomic E-state index is 0.739. The van der Waals surface area contributed by atoms with Crippen LogP contribution in [0.5, 0.6) is 0 Å². The number of aryl methyl sites for hydroxylation is 1. The van der Waals surface area contributed by atoms with Crippen molar-refractivity contribution in [3.63, 3.8) is 0 Å². The van der Waals surface area contributed by atoms with Crippen molar-refractivity contribution >= 4 is 5.82 Å². The summed E-state index contributed by atoms with van der Waals surface area (Å²) in [7, 11) is 0. The molecule has 0 aromatic carbocycles. The van der Waals surface area contributed by atoms with Crippen molar-refractivity contribution in [3.8, 4) is 5.82 Å². The summed E-state index contributed by atoms with van der Waals surface area (Å²) in [6.45, 7) is 7.74. The summed E-state index contributed by atoms with van der Waals surface area (Å²) in [5, 5.41) is 20.9. The van der Waals surface area contributed by atoms with E-state index in [0.29, 0.717) is 0 Å². The predicted octanol–water partition coefficient (Wildman–Crippen LogP) is 0.384. The Balaban J connectivity index is 1.31. The van der Waals surface area contributed by atoms with Gasteiger partial charge in [0.1, 0.15) is 0 Å². The highest BCUT2D eigenvalue weighted by Crippen LogP contribution is 2.14. The Bertz CT molecular complexity index is 785. The minimum Gasteiger partial charge on any atom is -0.353 e. The first kappa shape index (κ1) is 15.7. The van der Waals surface area contributed by atoms with Gasteiger partial charge in [-0.2, -0.15) is 5.10 Å². The summed E-state index contributed by atoms with van der Waals surface area (Å²) in [5.74, 6) is 1.66. The average molecular weight is 339 g/mol. The normalized spacial score (nSPS) is 15.6. The molecule has 3 aromatic heterocycles. The molecule has 4 rings (SSSR count). The lowest BCUT2D eigenvalue weighted by Crippen LogP contribution is -2.47. The number of aromatic nitrogens is 7. The first-order chi connectivity index (χ1) is 12.3. The molecule has 0 radical (unpaired) electrons. The maximum absolute atomic E-state index is 4.37. The van der Waals surface area contributed by atoms with Gasteiger partial charge in [-0.05, 0) is 25.1 Å². The molecule has 130 valence electrons. The molecular formula is C16H21N9. The second-order valence-electron chi connectivity index (χ2n) is 6.15. The van der Waals surface area contributed by atoms with Crippen LogP contribution in [0.3, 0.4) is 0 Å². The van der Waals surface area contributed by atoms with Crippen LogP contribution in [0.1, 0.15) is 5.69 Å². The van der Waals surface area contributed by atoms with Crippen molar-refractivity contribution in [1.29, 1.82) is 0 Å². The maximum Gasteiger partial charge on any atom is 0.175 e. The standard InChI is InChI=1S/C16H21N9/c1-14-4-6-25(20-14)16-3-2-15(18-19-16)23-11-8-22(9-12-23)10-13-24-7-5-17-21-24/h2-7H,8-13H2,1H3. The molecule has 1 aliphatic rings. The fourth-order valence-corrected chi connectivity index (χ4v) is 2.95. The number of nitrogens with zero attached hydrogens (tertiary/aromatic N) is 9. The van der Waals surface area contributed by atoms with Crippen LogP contribution in [-0.2, 0) is 6.54 Å². The maximum atomic E-state index is 4.37. The third-order valence-corrected chi connectivity index (χ3v) is 4.41. The van der Waals surface area contributed by atoms with E-state index in [1.807, 2.05) is 42.2 Å². The third-order valence-electron chi connectivity index (χ3n) is 4.41. The molecular weight excluding hydrogens is 318 g/mol. The first-order valence-electron chi connectivity index (χ1n) is 8.46. The molecule has 9 nitrogen and oxygen atoms in total. The smallest absolute Gasteiger partial charge is 0.175 e. The average Bonchev–Trinajstić information content (AvgIpc) is 3.32. The molecule has 0 amide bonds. The lowest BCUT2D eigenvalue weighted by atomic mass is 10.3. The summed E-state index contributed by atoms with van der Waals surface area (Å²) in [4.78, 5) is 4.71. The number of rotatable bonds is 5. The molecule has 3 aromatic rings. The molecule has 0 spiro atoms. The van der Waals surface area contributed by atoms with Crippen molar-refractivity contribution < 1.29 is 0 Å². The van der Waals surface area contributed by atoms with E-state index in [9.17, 15) is 0 Å². The van der Waals surface area contributed by atoms with Crippen molar-refractivity contribution in [2.24, 2.45) is 0 Å². The van der Waals surface area contributed by atoms with Crippen LogP contribution in [0.4, 0.5) is 5.82 Å². The fourth-order valence-electron chi connectivity index (χ4n) is 2.95. The molecule has 0 saturated carbocycles. The Hall–Kier alpha value is -2.81. The molecule has 1 fully saturated rings. The number of hydrogen-bond donors (Lipinski definition) is 0. The molecule has 25 heavy (non-hydrogen) atoms. The van der Waals surface area contributed by atoms with Crippen LogP contribution in [0, 0.1) is 6.92 Å². The van der Waals surface area contributed by atoms with Crippen molar-refractivity contribution in [2.45, 2.75) is 13.5 Å². The van der Waals surface area contributed by atoms with E-state index < -0.39 is 0 Å². The van der Waals surface area contributed by atoms with Gasteiger partial charge in [0.2, 0.25) is 0 Å². The van der Waals surface area contributed by atoms with E-state index in [4.69, 9.17) is 0 Å². The topological polar surface area (TPSA) is 80.8 Å². The van der Waals surface area contributed by atoms with Crippen molar-refractivity contribution in [2.75, 3.05) is 37.6 Å². The van der Waals surface area contributed by atoms with Crippen LogP contribution >= 0.6 is 0 Å². The highest BCUT2D eigenvalue weighted by atomic mass is 15.4. The van der Waals surface area contributed by atoms with Crippen LogP contribution in [0.25, 0.3) is 5.82 Å². The van der Waals surface area contributed by atoms with Crippen molar-refractivity contribution in [3.05, 3.63) is 42.5 Å². The second-order valence-corrected chi connectivity index (χ2v) is 6.15. The Morgan fingerprint density at radius 2 is 1.72 bits per heavy atom. The van der Waals surface area contributed by atoms with E-state index in [1.165, 1.54) is 0 Å². The lowest BCUT2D eigenvalue weighted by molar-refractivity contribution is 0.243.